The fraction of sp³-hybridized carbons (Fsp3) is 0.750. The highest BCUT2D eigenvalue weighted by Gasteiger charge is 2.24. The van der Waals surface area contributed by atoms with Crippen molar-refractivity contribution in [2.45, 2.75) is 51.4 Å². The number of hydrogen-bond donors (Lipinski definition) is 1. The zero-order valence-corrected chi connectivity index (χ0v) is 10.1. The van der Waals surface area contributed by atoms with Crippen LogP contribution in [0.5, 0.6) is 0 Å². The van der Waals surface area contributed by atoms with E-state index in [0.717, 1.165) is 26.0 Å². The molecule has 0 bridgehead atoms. The van der Waals surface area contributed by atoms with E-state index in [4.69, 9.17) is 4.74 Å². The Balaban J connectivity index is 1.70. The van der Waals surface area contributed by atoms with Gasteiger partial charge >= 0.3 is 0 Å². The summed E-state index contributed by atoms with van der Waals surface area (Å²) >= 11 is 0. The molecule has 90 valence electrons. The monoisotopic (exact) mass is 223 g/mol. The molecule has 0 spiro atoms. The van der Waals surface area contributed by atoms with Gasteiger partial charge in [0, 0.05) is 37.6 Å². The first-order valence-electron chi connectivity index (χ1n) is 6.11. The summed E-state index contributed by atoms with van der Waals surface area (Å²) in [6.07, 6.45) is 6.42. The molecule has 0 aromatic carbocycles. The van der Waals surface area contributed by atoms with Gasteiger partial charge in [0.2, 0.25) is 0 Å². The van der Waals surface area contributed by atoms with Gasteiger partial charge < -0.3 is 10.1 Å². The average molecular weight is 223 g/mol. The van der Waals surface area contributed by atoms with Crippen LogP contribution in [0.1, 0.15) is 26.7 Å². The molecule has 1 fully saturated rings. The Morgan fingerprint density at radius 1 is 1.62 bits per heavy atom. The molecular formula is C12H21N3O. The molecule has 0 unspecified atom stereocenters. The molecule has 0 saturated carbocycles. The molecule has 2 rings (SSSR count). The van der Waals surface area contributed by atoms with Crippen molar-refractivity contribution in [3.63, 3.8) is 0 Å². The van der Waals surface area contributed by atoms with E-state index in [1.54, 1.807) is 0 Å². The van der Waals surface area contributed by atoms with Crippen LogP contribution in [0.15, 0.2) is 18.5 Å². The molecular weight excluding hydrogens is 202 g/mol. The Kier molecular flexibility index (Phi) is 3.96. The van der Waals surface area contributed by atoms with Crippen molar-refractivity contribution in [1.82, 2.24) is 15.1 Å². The van der Waals surface area contributed by atoms with Crippen LogP contribution in [-0.2, 0) is 11.3 Å². The normalized spacial score (nSPS) is 27.1. The predicted octanol–water partition coefficient (Wildman–Crippen LogP) is 1.43. The molecule has 4 nitrogen and oxygen atoms in total. The molecule has 3 atom stereocenters. The van der Waals surface area contributed by atoms with Crippen LogP contribution in [-0.4, -0.2) is 34.6 Å². The fourth-order valence-electron chi connectivity index (χ4n) is 2.16. The smallest absolute Gasteiger partial charge is 0.0700 e. The number of aryl methyl sites for hydroxylation is 1. The minimum absolute atomic E-state index is 0.354. The summed E-state index contributed by atoms with van der Waals surface area (Å²) in [6.45, 7) is 6.24. The van der Waals surface area contributed by atoms with Crippen LogP contribution >= 0.6 is 0 Å². The number of ether oxygens (including phenoxy) is 1. The van der Waals surface area contributed by atoms with Crippen LogP contribution in [0.4, 0.5) is 0 Å². The number of rotatable bonds is 5. The highest BCUT2D eigenvalue weighted by molar-refractivity contribution is 4.82. The van der Waals surface area contributed by atoms with Crippen molar-refractivity contribution >= 4 is 0 Å². The summed E-state index contributed by atoms with van der Waals surface area (Å²) in [5, 5.41) is 7.82. The van der Waals surface area contributed by atoms with Crippen LogP contribution in [0.3, 0.4) is 0 Å². The molecule has 16 heavy (non-hydrogen) atoms. The van der Waals surface area contributed by atoms with Gasteiger partial charge in [-0.3, -0.25) is 4.68 Å². The van der Waals surface area contributed by atoms with E-state index in [2.05, 4.69) is 24.3 Å². The van der Waals surface area contributed by atoms with E-state index in [-0.39, 0.29) is 0 Å². The molecule has 0 aliphatic carbocycles. The summed E-state index contributed by atoms with van der Waals surface area (Å²) in [7, 11) is 0. The summed E-state index contributed by atoms with van der Waals surface area (Å²) < 4.78 is 7.52. The Hall–Kier alpha value is -0.870. The van der Waals surface area contributed by atoms with Gasteiger partial charge in [-0.2, -0.15) is 5.10 Å². The summed E-state index contributed by atoms with van der Waals surface area (Å²) in [5.74, 6) is 0. The lowest BCUT2D eigenvalue weighted by atomic mass is 10.1. The molecule has 0 amide bonds. The van der Waals surface area contributed by atoms with Crippen molar-refractivity contribution in [3.8, 4) is 0 Å². The van der Waals surface area contributed by atoms with Gasteiger partial charge in [0.25, 0.3) is 0 Å². The maximum absolute atomic E-state index is 5.54. The molecule has 1 aromatic rings. The highest BCUT2D eigenvalue weighted by Crippen LogP contribution is 2.13. The van der Waals surface area contributed by atoms with E-state index < -0.39 is 0 Å². The molecule has 1 aliphatic rings. The maximum atomic E-state index is 5.54. The second-order valence-corrected chi connectivity index (χ2v) is 4.60. The van der Waals surface area contributed by atoms with Gasteiger partial charge in [-0.1, -0.05) is 0 Å². The number of nitrogens with zero attached hydrogens (tertiary/aromatic N) is 2. The minimum atomic E-state index is 0.354. The van der Waals surface area contributed by atoms with Crippen LogP contribution in [0, 0.1) is 0 Å². The number of aromatic nitrogens is 2. The van der Waals surface area contributed by atoms with E-state index in [0.29, 0.717) is 18.2 Å². The zero-order chi connectivity index (χ0) is 11.4. The van der Waals surface area contributed by atoms with Gasteiger partial charge in [0.1, 0.15) is 0 Å². The van der Waals surface area contributed by atoms with Crippen LogP contribution in [0.2, 0.25) is 0 Å². The fourth-order valence-corrected chi connectivity index (χ4v) is 2.16. The summed E-state index contributed by atoms with van der Waals surface area (Å²) in [4.78, 5) is 0. The second kappa shape index (κ2) is 5.46. The maximum Gasteiger partial charge on any atom is 0.0700 e. The molecule has 2 heterocycles. The number of nitrogens with one attached hydrogen (secondary N) is 1. The lowest BCUT2D eigenvalue weighted by Gasteiger charge is -2.21. The molecule has 4 heteroatoms. The van der Waals surface area contributed by atoms with Gasteiger partial charge in [-0.25, -0.2) is 0 Å². The van der Waals surface area contributed by atoms with Gasteiger partial charge in [-0.05, 0) is 32.8 Å². The minimum Gasteiger partial charge on any atom is -0.377 e. The summed E-state index contributed by atoms with van der Waals surface area (Å²) in [6, 6.07) is 3.00. The van der Waals surface area contributed by atoms with Crippen molar-refractivity contribution in [2.24, 2.45) is 0 Å². The van der Waals surface area contributed by atoms with Gasteiger partial charge in [0.05, 0.1) is 6.10 Å². The first kappa shape index (κ1) is 11.6. The Morgan fingerprint density at radius 2 is 2.50 bits per heavy atom. The Bertz CT molecular complexity index is 299. The lowest BCUT2D eigenvalue weighted by molar-refractivity contribution is 0.111. The lowest BCUT2D eigenvalue weighted by Crippen LogP contribution is -2.41. The Morgan fingerprint density at radius 3 is 3.12 bits per heavy atom. The van der Waals surface area contributed by atoms with E-state index in [9.17, 15) is 0 Å². The van der Waals surface area contributed by atoms with Crippen molar-refractivity contribution < 1.29 is 4.74 Å². The summed E-state index contributed by atoms with van der Waals surface area (Å²) in [5.41, 5.74) is 0. The molecule has 1 N–H and O–H groups in total. The second-order valence-electron chi connectivity index (χ2n) is 4.60. The van der Waals surface area contributed by atoms with Gasteiger partial charge in [0.15, 0.2) is 0 Å². The van der Waals surface area contributed by atoms with Crippen molar-refractivity contribution in [3.05, 3.63) is 18.5 Å². The topological polar surface area (TPSA) is 39.1 Å². The van der Waals surface area contributed by atoms with Crippen molar-refractivity contribution in [1.29, 1.82) is 0 Å². The quantitative estimate of drug-likeness (QED) is 0.820. The molecule has 1 saturated heterocycles. The first-order chi connectivity index (χ1) is 7.75. The number of hydrogen-bond acceptors (Lipinski definition) is 3. The van der Waals surface area contributed by atoms with Crippen LogP contribution < -0.4 is 5.32 Å². The average Bonchev–Trinajstić information content (AvgIpc) is 2.88. The predicted molar refractivity (Wildman–Crippen MR) is 63.3 cm³/mol. The third kappa shape index (κ3) is 3.06. The molecule has 0 radical (unpaired) electrons. The third-order valence-corrected chi connectivity index (χ3v) is 3.23. The van der Waals surface area contributed by atoms with Crippen molar-refractivity contribution in [2.75, 3.05) is 6.61 Å². The first-order valence-corrected chi connectivity index (χ1v) is 6.11. The largest absolute Gasteiger partial charge is 0.377 e. The molecule has 1 aliphatic heterocycles. The van der Waals surface area contributed by atoms with Gasteiger partial charge in [-0.15, -0.1) is 0 Å². The standard InChI is InChI=1S/C12H21N3O/c1-10(4-8-15-7-3-6-13-15)14-12-5-9-16-11(12)2/h3,6-7,10-12,14H,4-5,8-9H2,1-2H3/t10-,11+,12-/m0/s1. The van der Waals surface area contributed by atoms with E-state index >= 15 is 0 Å². The van der Waals surface area contributed by atoms with E-state index in [1.807, 2.05) is 23.1 Å². The van der Waals surface area contributed by atoms with E-state index in [1.165, 1.54) is 0 Å². The third-order valence-electron chi connectivity index (χ3n) is 3.23. The highest BCUT2D eigenvalue weighted by atomic mass is 16.5. The Labute approximate surface area is 97.0 Å². The molecule has 1 aromatic heterocycles. The zero-order valence-electron chi connectivity index (χ0n) is 10.1. The van der Waals surface area contributed by atoms with Crippen LogP contribution in [0.25, 0.3) is 0 Å². The SMILES string of the molecule is C[C@@H](CCn1cccn1)N[C@H]1CCO[C@@H]1C.